The largest absolute Gasteiger partial charge is 0.423 e. The minimum Gasteiger partial charge on any atom is -0.423 e. The predicted octanol–water partition coefficient (Wildman–Crippen LogP) is 7.89. The van der Waals surface area contributed by atoms with Crippen molar-refractivity contribution in [3.05, 3.63) is 54.4 Å². The topological polar surface area (TPSA) is 61.3 Å². The van der Waals surface area contributed by atoms with Gasteiger partial charge in [0.05, 0.1) is 18.8 Å². The van der Waals surface area contributed by atoms with Crippen LogP contribution < -0.4 is 4.74 Å². The van der Waals surface area contributed by atoms with Crippen LogP contribution in [-0.4, -0.2) is 29.2 Å². The van der Waals surface area contributed by atoms with E-state index in [0.717, 1.165) is 44.5 Å². The molecular weight excluding hydrogens is 436 g/mol. The number of allylic oxidation sites excluding steroid dienone is 1. The molecule has 35 heavy (non-hydrogen) atoms. The Morgan fingerprint density at radius 3 is 2.26 bits per heavy atom. The zero-order chi connectivity index (χ0) is 25.0. The van der Waals surface area contributed by atoms with Crippen LogP contribution in [0, 0.1) is 0 Å². The Morgan fingerprint density at radius 2 is 1.51 bits per heavy atom. The van der Waals surface area contributed by atoms with Crippen molar-refractivity contribution >= 4 is 5.97 Å². The van der Waals surface area contributed by atoms with Crippen LogP contribution in [0.1, 0.15) is 96.5 Å². The van der Waals surface area contributed by atoms with Gasteiger partial charge in [-0.1, -0.05) is 88.8 Å². The molecule has 0 radical (unpaired) electrons. The van der Waals surface area contributed by atoms with E-state index in [2.05, 4.69) is 54.2 Å². The molecule has 1 heterocycles. The summed E-state index contributed by atoms with van der Waals surface area (Å²) in [6.45, 7) is 6.10. The van der Waals surface area contributed by atoms with Gasteiger partial charge in [0.25, 0.3) is 0 Å². The molecule has 0 N–H and O–H groups in total. The van der Waals surface area contributed by atoms with Crippen LogP contribution in [0.3, 0.4) is 0 Å². The Labute approximate surface area is 212 Å². The fraction of sp³-hybridized carbons (Fsp3) is 0.567. The first-order valence-corrected chi connectivity index (χ1v) is 13.6. The molecule has 0 aliphatic carbocycles. The number of hydrogen-bond donors (Lipinski definition) is 0. The number of esters is 1. The first kappa shape index (κ1) is 28.7. The van der Waals surface area contributed by atoms with Gasteiger partial charge >= 0.3 is 5.97 Å². The lowest BCUT2D eigenvalue weighted by atomic mass is 10.0. The van der Waals surface area contributed by atoms with Crippen molar-refractivity contribution in [3.63, 3.8) is 0 Å². The van der Waals surface area contributed by atoms with Gasteiger partial charge in [-0.15, -0.1) is 0 Å². The van der Waals surface area contributed by atoms with Crippen LogP contribution in [0.4, 0.5) is 0 Å². The normalized spacial score (nSPS) is 11.3. The monoisotopic (exact) mass is 480 g/mol. The number of unbranched alkanes of at least 4 members (excludes halogenated alkanes) is 8. The number of hydrogen-bond acceptors (Lipinski definition) is 5. The minimum atomic E-state index is -0.290. The fourth-order valence-electron chi connectivity index (χ4n) is 3.81. The standard InChI is InChI=1S/C30H44N2O3/c1-3-5-6-7-8-9-10-11-14-17-29(33)35-28-24-31-30(32-25-28)27-20-18-26(19-21-27)16-13-12-15-23-34-22-4-2/h11,14,18-21,24-25H,3-10,12-13,15-17,22-23H2,1-2H3/b14-11-. The smallest absolute Gasteiger partial charge is 0.315 e. The summed E-state index contributed by atoms with van der Waals surface area (Å²) in [5.74, 6) is 0.715. The molecule has 0 atom stereocenters. The zero-order valence-corrected chi connectivity index (χ0v) is 21.8. The highest BCUT2D eigenvalue weighted by Gasteiger charge is 2.06. The molecule has 0 saturated heterocycles. The highest BCUT2D eigenvalue weighted by Crippen LogP contribution is 2.19. The molecule has 0 amide bonds. The van der Waals surface area contributed by atoms with E-state index in [9.17, 15) is 4.79 Å². The van der Waals surface area contributed by atoms with Crippen molar-refractivity contribution < 1.29 is 14.3 Å². The second kappa shape index (κ2) is 18.8. The van der Waals surface area contributed by atoms with E-state index in [1.807, 2.05) is 6.08 Å². The molecule has 5 nitrogen and oxygen atoms in total. The summed E-state index contributed by atoms with van der Waals surface area (Å²) in [5.41, 5.74) is 2.27. The SMILES string of the molecule is CCCCCCCC/C=C\CC(=O)Oc1cnc(-c2ccc(CCCCCOCCC)cc2)nc1. The molecule has 192 valence electrons. The Balaban J connectivity index is 1.65. The van der Waals surface area contributed by atoms with Crippen LogP contribution >= 0.6 is 0 Å². The molecule has 5 heteroatoms. The highest BCUT2D eigenvalue weighted by molar-refractivity contribution is 5.73. The van der Waals surface area contributed by atoms with E-state index in [4.69, 9.17) is 9.47 Å². The van der Waals surface area contributed by atoms with Crippen LogP contribution in [-0.2, 0) is 16.0 Å². The Bertz CT molecular complexity index is 832. The average molecular weight is 481 g/mol. The van der Waals surface area contributed by atoms with Gasteiger partial charge in [-0.2, -0.15) is 0 Å². The number of aromatic nitrogens is 2. The fourth-order valence-corrected chi connectivity index (χ4v) is 3.81. The lowest BCUT2D eigenvalue weighted by Gasteiger charge is -2.06. The van der Waals surface area contributed by atoms with Gasteiger partial charge in [0.2, 0.25) is 0 Å². The zero-order valence-electron chi connectivity index (χ0n) is 21.8. The lowest BCUT2D eigenvalue weighted by molar-refractivity contribution is -0.133. The number of nitrogens with zero attached hydrogens (tertiary/aromatic N) is 2. The van der Waals surface area contributed by atoms with Gasteiger partial charge in [-0.3, -0.25) is 4.79 Å². The first-order chi connectivity index (χ1) is 17.2. The summed E-state index contributed by atoms with van der Waals surface area (Å²) in [4.78, 5) is 20.8. The van der Waals surface area contributed by atoms with Gasteiger partial charge < -0.3 is 9.47 Å². The molecule has 2 rings (SSSR count). The number of aryl methyl sites for hydroxylation is 1. The van der Waals surface area contributed by atoms with Crippen molar-refractivity contribution in [1.82, 2.24) is 9.97 Å². The predicted molar refractivity (Wildman–Crippen MR) is 144 cm³/mol. The minimum absolute atomic E-state index is 0.269. The second-order valence-corrected chi connectivity index (χ2v) is 9.07. The van der Waals surface area contributed by atoms with Crippen molar-refractivity contribution in [2.75, 3.05) is 13.2 Å². The van der Waals surface area contributed by atoms with Gasteiger partial charge in [0.1, 0.15) is 0 Å². The summed E-state index contributed by atoms with van der Waals surface area (Å²) < 4.78 is 10.9. The molecule has 2 aromatic rings. The van der Waals surface area contributed by atoms with Gasteiger partial charge in [0.15, 0.2) is 11.6 Å². The first-order valence-electron chi connectivity index (χ1n) is 13.6. The summed E-state index contributed by atoms with van der Waals surface area (Å²) >= 11 is 0. The summed E-state index contributed by atoms with van der Waals surface area (Å²) in [5, 5.41) is 0. The van der Waals surface area contributed by atoms with Gasteiger partial charge in [-0.25, -0.2) is 9.97 Å². The van der Waals surface area contributed by atoms with E-state index in [1.54, 1.807) is 12.4 Å². The maximum atomic E-state index is 12.0. The number of carbonyl (C=O) groups is 1. The Kier molecular flexibility index (Phi) is 15.4. The van der Waals surface area contributed by atoms with Crippen LogP contribution in [0.2, 0.25) is 0 Å². The molecule has 0 aliphatic heterocycles. The van der Waals surface area contributed by atoms with Crippen molar-refractivity contribution in [2.45, 2.75) is 97.3 Å². The van der Waals surface area contributed by atoms with Gasteiger partial charge in [-0.05, 0) is 44.1 Å². The van der Waals surface area contributed by atoms with E-state index < -0.39 is 0 Å². The Morgan fingerprint density at radius 1 is 0.800 bits per heavy atom. The second-order valence-electron chi connectivity index (χ2n) is 9.07. The molecule has 0 aliphatic rings. The summed E-state index contributed by atoms with van der Waals surface area (Å²) in [7, 11) is 0. The molecule has 0 saturated carbocycles. The van der Waals surface area contributed by atoms with Gasteiger partial charge in [0, 0.05) is 18.8 Å². The molecule has 1 aromatic heterocycles. The number of benzene rings is 1. The Hall–Kier alpha value is -2.53. The molecule has 0 unspecified atom stereocenters. The van der Waals surface area contributed by atoms with E-state index in [1.165, 1.54) is 56.9 Å². The molecule has 1 aromatic carbocycles. The molecule has 0 spiro atoms. The van der Waals surface area contributed by atoms with E-state index in [0.29, 0.717) is 11.6 Å². The lowest BCUT2D eigenvalue weighted by Crippen LogP contribution is -2.07. The third kappa shape index (κ3) is 13.2. The molecular formula is C30H44N2O3. The third-order valence-electron chi connectivity index (χ3n) is 5.85. The highest BCUT2D eigenvalue weighted by atomic mass is 16.5. The van der Waals surface area contributed by atoms with Crippen molar-refractivity contribution in [2.24, 2.45) is 0 Å². The summed E-state index contributed by atoms with van der Waals surface area (Å²) in [6.07, 6.45) is 21.7. The van der Waals surface area contributed by atoms with Crippen LogP contribution in [0.25, 0.3) is 11.4 Å². The molecule has 0 bridgehead atoms. The maximum Gasteiger partial charge on any atom is 0.315 e. The quantitative estimate of drug-likeness (QED) is 0.116. The van der Waals surface area contributed by atoms with Crippen LogP contribution in [0.15, 0.2) is 48.8 Å². The average Bonchev–Trinajstić information content (AvgIpc) is 2.88. The third-order valence-corrected chi connectivity index (χ3v) is 5.85. The number of ether oxygens (including phenoxy) is 2. The summed E-state index contributed by atoms with van der Waals surface area (Å²) in [6, 6.07) is 8.38. The molecule has 0 fully saturated rings. The number of rotatable bonds is 19. The van der Waals surface area contributed by atoms with E-state index >= 15 is 0 Å². The van der Waals surface area contributed by atoms with E-state index in [-0.39, 0.29) is 12.4 Å². The van der Waals surface area contributed by atoms with Crippen molar-refractivity contribution in [3.8, 4) is 17.1 Å². The number of carbonyl (C=O) groups excluding carboxylic acids is 1. The maximum absolute atomic E-state index is 12.0. The van der Waals surface area contributed by atoms with Crippen LogP contribution in [0.5, 0.6) is 5.75 Å². The van der Waals surface area contributed by atoms with Crippen molar-refractivity contribution in [1.29, 1.82) is 0 Å².